The normalized spacial score (nSPS) is 19.1. The zero-order valence-electron chi connectivity index (χ0n) is 8.40. The lowest BCUT2D eigenvalue weighted by molar-refractivity contribution is -0.138. The van der Waals surface area contributed by atoms with Crippen LogP contribution in [0.15, 0.2) is 22.7 Å². The SMILES string of the molecule is CCN1c2ccc(Br)cc2CC1C(=O)O. The van der Waals surface area contributed by atoms with Gasteiger partial charge in [0.15, 0.2) is 0 Å². The van der Waals surface area contributed by atoms with Gasteiger partial charge in [0, 0.05) is 23.1 Å². The maximum atomic E-state index is 11.1. The minimum Gasteiger partial charge on any atom is -0.480 e. The largest absolute Gasteiger partial charge is 0.480 e. The van der Waals surface area contributed by atoms with Gasteiger partial charge in [0.2, 0.25) is 0 Å². The van der Waals surface area contributed by atoms with Crippen LogP contribution in [-0.4, -0.2) is 23.7 Å². The van der Waals surface area contributed by atoms with E-state index in [1.807, 2.05) is 30.0 Å². The molecule has 1 atom stereocenters. The Bertz CT molecular complexity index is 406. The highest BCUT2D eigenvalue weighted by atomic mass is 79.9. The predicted octanol–water partition coefficient (Wildman–Crippen LogP) is 2.28. The summed E-state index contributed by atoms with van der Waals surface area (Å²) in [5.74, 6) is -0.746. The van der Waals surface area contributed by atoms with Crippen LogP contribution >= 0.6 is 15.9 Å². The van der Waals surface area contributed by atoms with Crippen LogP contribution in [0.2, 0.25) is 0 Å². The van der Waals surface area contributed by atoms with E-state index in [2.05, 4.69) is 15.9 Å². The number of likely N-dealkylation sites (N-methyl/N-ethyl adjacent to an activating group) is 1. The molecule has 0 saturated heterocycles. The molecule has 3 nitrogen and oxygen atoms in total. The van der Waals surface area contributed by atoms with Gasteiger partial charge in [0.05, 0.1) is 0 Å². The van der Waals surface area contributed by atoms with Crippen molar-refractivity contribution >= 4 is 27.6 Å². The molecule has 0 fully saturated rings. The van der Waals surface area contributed by atoms with Crippen molar-refractivity contribution in [3.63, 3.8) is 0 Å². The summed E-state index contributed by atoms with van der Waals surface area (Å²) in [5, 5.41) is 9.10. The van der Waals surface area contributed by atoms with Gasteiger partial charge in [-0.1, -0.05) is 15.9 Å². The highest BCUT2D eigenvalue weighted by Crippen LogP contribution is 2.33. The molecule has 1 aliphatic heterocycles. The molecule has 1 N–H and O–H groups in total. The first-order valence-corrected chi connectivity index (χ1v) is 5.70. The van der Waals surface area contributed by atoms with Gasteiger partial charge in [-0.05, 0) is 30.7 Å². The monoisotopic (exact) mass is 269 g/mol. The van der Waals surface area contributed by atoms with Gasteiger partial charge in [-0.3, -0.25) is 0 Å². The second-order valence-electron chi connectivity index (χ2n) is 3.62. The summed E-state index contributed by atoms with van der Waals surface area (Å²) in [6.45, 7) is 2.71. The molecule has 2 rings (SSSR count). The summed E-state index contributed by atoms with van der Waals surface area (Å²) < 4.78 is 1.00. The van der Waals surface area contributed by atoms with Crippen LogP contribution in [0.5, 0.6) is 0 Å². The van der Waals surface area contributed by atoms with Gasteiger partial charge >= 0.3 is 5.97 Å². The number of nitrogens with zero attached hydrogens (tertiary/aromatic N) is 1. The van der Waals surface area contributed by atoms with Gasteiger partial charge in [0.1, 0.15) is 6.04 Å². The van der Waals surface area contributed by atoms with Crippen LogP contribution in [0, 0.1) is 0 Å². The number of hydrogen-bond donors (Lipinski definition) is 1. The summed E-state index contributed by atoms with van der Waals surface area (Å²) >= 11 is 3.40. The van der Waals surface area contributed by atoms with Gasteiger partial charge in [-0.2, -0.15) is 0 Å². The number of carbonyl (C=O) groups is 1. The zero-order valence-corrected chi connectivity index (χ0v) is 9.99. The Hall–Kier alpha value is -1.03. The Balaban J connectivity index is 2.41. The second kappa shape index (κ2) is 3.85. The molecule has 0 amide bonds. The van der Waals surface area contributed by atoms with Gasteiger partial charge in [-0.25, -0.2) is 4.79 Å². The van der Waals surface area contributed by atoms with Crippen LogP contribution < -0.4 is 4.90 Å². The smallest absolute Gasteiger partial charge is 0.326 e. The van der Waals surface area contributed by atoms with E-state index in [-0.39, 0.29) is 0 Å². The number of rotatable bonds is 2. The van der Waals surface area contributed by atoms with Crippen molar-refractivity contribution in [3.05, 3.63) is 28.2 Å². The lowest BCUT2D eigenvalue weighted by Gasteiger charge is -2.22. The van der Waals surface area contributed by atoms with E-state index in [0.717, 1.165) is 22.3 Å². The van der Waals surface area contributed by atoms with Gasteiger partial charge < -0.3 is 10.0 Å². The Labute approximate surface area is 96.8 Å². The number of aliphatic carboxylic acids is 1. The number of halogens is 1. The van der Waals surface area contributed by atoms with E-state index in [0.29, 0.717) is 6.42 Å². The summed E-state index contributed by atoms with van der Waals surface area (Å²) in [4.78, 5) is 13.0. The Morgan fingerprint density at radius 2 is 2.40 bits per heavy atom. The molecule has 80 valence electrons. The molecule has 0 bridgehead atoms. The van der Waals surface area contributed by atoms with E-state index in [9.17, 15) is 4.79 Å². The van der Waals surface area contributed by atoms with Crippen molar-refractivity contribution in [1.82, 2.24) is 0 Å². The standard InChI is InChI=1S/C11H12BrNO2/c1-2-13-9-4-3-8(12)5-7(9)6-10(13)11(14)15/h3-5,10H,2,6H2,1H3,(H,14,15). The molecule has 1 unspecified atom stereocenters. The van der Waals surface area contributed by atoms with E-state index in [4.69, 9.17) is 5.11 Å². The van der Waals surface area contributed by atoms with E-state index < -0.39 is 12.0 Å². The summed E-state index contributed by atoms with van der Waals surface area (Å²) in [6, 6.07) is 5.53. The van der Waals surface area contributed by atoms with Crippen LogP contribution in [0.25, 0.3) is 0 Å². The molecule has 0 aromatic heterocycles. The number of hydrogen-bond acceptors (Lipinski definition) is 2. The Morgan fingerprint density at radius 1 is 1.67 bits per heavy atom. The maximum absolute atomic E-state index is 11.1. The van der Waals surface area contributed by atoms with Crippen molar-refractivity contribution in [1.29, 1.82) is 0 Å². The van der Waals surface area contributed by atoms with Crippen molar-refractivity contribution < 1.29 is 9.90 Å². The van der Waals surface area contributed by atoms with E-state index in [1.54, 1.807) is 0 Å². The molecule has 0 spiro atoms. The third-order valence-corrected chi connectivity index (χ3v) is 3.26. The number of carboxylic acid groups (broad SMARTS) is 1. The molecule has 4 heteroatoms. The lowest BCUT2D eigenvalue weighted by Crippen LogP contribution is -2.38. The van der Waals surface area contributed by atoms with Crippen LogP contribution in [0.4, 0.5) is 5.69 Å². The van der Waals surface area contributed by atoms with Crippen LogP contribution in [0.1, 0.15) is 12.5 Å². The maximum Gasteiger partial charge on any atom is 0.326 e. The first-order valence-electron chi connectivity index (χ1n) is 4.91. The fourth-order valence-electron chi connectivity index (χ4n) is 2.10. The van der Waals surface area contributed by atoms with Crippen LogP contribution in [-0.2, 0) is 11.2 Å². The molecule has 1 aromatic rings. The van der Waals surface area contributed by atoms with Crippen molar-refractivity contribution in [2.45, 2.75) is 19.4 Å². The molecule has 1 aromatic carbocycles. The minimum atomic E-state index is -0.746. The molecular formula is C11H12BrNO2. The topological polar surface area (TPSA) is 40.5 Å². The van der Waals surface area contributed by atoms with Crippen molar-refractivity contribution in [3.8, 4) is 0 Å². The fraction of sp³-hybridized carbons (Fsp3) is 0.364. The zero-order chi connectivity index (χ0) is 11.0. The number of anilines is 1. The third kappa shape index (κ3) is 1.74. The fourth-order valence-corrected chi connectivity index (χ4v) is 2.50. The summed E-state index contributed by atoms with van der Waals surface area (Å²) in [6.07, 6.45) is 0.595. The molecular weight excluding hydrogens is 258 g/mol. The third-order valence-electron chi connectivity index (χ3n) is 2.77. The lowest BCUT2D eigenvalue weighted by atomic mass is 10.1. The summed E-state index contributed by atoms with van der Waals surface area (Å²) in [7, 11) is 0. The average Bonchev–Trinajstić information content (AvgIpc) is 2.55. The molecule has 0 radical (unpaired) electrons. The van der Waals surface area contributed by atoms with Crippen LogP contribution in [0.3, 0.4) is 0 Å². The predicted molar refractivity (Wildman–Crippen MR) is 62.3 cm³/mol. The molecule has 15 heavy (non-hydrogen) atoms. The average molecular weight is 270 g/mol. The molecule has 1 aliphatic rings. The van der Waals surface area contributed by atoms with Gasteiger partial charge in [-0.15, -0.1) is 0 Å². The van der Waals surface area contributed by atoms with E-state index in [1.165, 1.54) is 0 Å². The summed E-state index contributed by atoms with van der Waals surface area (Å²) in [5.41, 5.74) is 2.16. The molecule has 0 saturated carbocycles. The quantitative estimate of drug-likeness (QED) is 0.896. The van der Waals surface area contributed by atoms with Crippen molar-refractivity contribution in [2.24, 2.45) is 0 Å². The number of benzene rings is 1. The second-order valence-corrected chi connectivity index (χ2v) is 4.53. The van der Waals surface area contributed by atoms with Crippen molar-refractivity contribution in [2.75, 3.05) is 11.4 Å². The number of carboxylic acids is 1. The first kappa shape index (κ1) is 10.5. The Kier molecular flexibility index (Phi) is 2.69. The van der Waals surface area contributed by atoms with E-state index >= 15 is 0 Å². The minimum absolute atomic E-state index is 0.403. The number of fused-ring (bicyclic) bond motifs is 1. The van der Waals surface area contributed by atoms with Gasteiger partial charge in [0.25, 0.3) is 0 Å². The highest BCUT2D eigenvalue weighted by molar-refractivity contribution is 9.10. The highest BCUT2D eigenvalue weighted by Gasteiger charge is 2.33. The molecule has 0 aliphatic carbocycles. The molecule has 1 heterocycles. The first-order chi connectivity index (χ1) is 7.13. The Morgan fingerprint density at radius 3 is 3.00 bits per heavy atom.